The number of pyridine rings is 1. The molecule has 0 aliphatic heterocycles. The normalized spacial score (nSPS) is 10.5. The second-order valence-corrected chi connectivity index (χ2v) is 4.82. The summed E-state index contributed by atoms with van der Waals surface area (Å²) in [6.07, 6.45) is 2.59. The van der Waals surface area contributed by atoms with Crippen molar-refractivity contribution in [3.05, 3.63) is 78.1 Å². The van der Waals surface area contributed by atoms with Crippen LogP contribution in [0.5, 0.6) is 0 Å². The number of aromatic nitrogens is 1. The first-order valence-electron chi connectivity index (χ1n) is 6.74. The monoisotopic (exact) mass is 276 g/mol. The summed E-state index contributed by atoms with van der Waals surface area (Å²) in [5.74, 6) is -0.0148. The first kappa shape index (κ1) is 13.2. The highest BCUT2D eigenvalue weighted by atomic mass is 16.1. The number of carbonyl (C=O) groups excluding carboxylic acids is 2. The molecule has 0 bridgehead atoms. The highest BCUT2D eigenvalue weighted by Gasteiger charge is 2.18. The van der Waals surface area contributed by atoms with Crippen molar-refractivity contribution in [2.24, 2.45) is 0 Å². The quantitative estimate of drug-likeness (QED) is 0.417. The van der Waals surface area contributed by atoms with Gasteiger partial charge in [-0.25, -0.2) is 0 Å². The molecular formula is C18H14NO2+. The van der Waals surface area contributed by atoms with E-state index in [4.69, 9.17) is 0 Å². The Kier molecular flexibility index (Phi) is 3.56. The minimum atomic E-state index is -0.0148. The molecule has 0 unspecified atom stereocenters. The maximum Gasteiger partial charge on any atom is 0.253 e. The van der Waals surface area contributed by atoms with E-state index in [9.17, 15) is 9.59 Å². The molecule has 21 heavy (non-hydrogen) atoms. The maximum absolute atomic E-state index is 12.3. The lowest BCUT2D eigenvalue weighted by Gasteiger charge is -2.03. The van der Waals surface area contributed by atoms with Crippen LogP contribution in [0.25, 0.3) is 10.8 Å². The Labute approximate surface area is 122 Å². The third kappa shape index (κ3) is 2.58. The number of Topliss-reactive ketones (excluding diaryl/α,β-unsaturated/α-hetero) is 1. The molecular weight excluding hydrogens is 262 g/mol. The predicted molar refractivity (Wildman–Crippen MR) is 80.3 cm³/mol. The number of benzene rings is 2. The van der Waals surface area contributed by atoms with Crippen LogP contribution in [0.15, 0.2) is 66.9 Å². The lowest BCUT2D eigenvalue weighted by molar-refractivity contribution is -0.683. The summed E-state index contributed by atoms with van der Waals surface area (Å²) in [4.78, 5) is 23.7. The minimum absolute atomic E-state index is 0.0148. The zero-order valence-corrected chi connectivity index (χ0v) is 11.4. The zero-order valence-electron chi connectivity index (χ0n) is 11.4. The summed E-state index contributed by atoms with van der Waals surface area (Å²) in [6, 6.07) is 18.7. The SMILES string of the molecule is O=Cc1c2ccccc2cc[n+]1CC(=O)c1ccccc1. The second kappa shape index (κ2) is 5.67. The molecule has 3 aromatic rings. The molecule has 102 valence electrons. The number of hydrogen-bond acceptors (Lipinski definition) is 2. The molecule has 0 spiro atoms. The lowest BCUT2D eigenvalue weighted by atomic mass is 10.1. The highest BCUT2D eigenvalue weighted by molar-refractivity contribution is 5.96. The van der Waals surface area contributed by atoms with Gasteiger partial charge in [-0.3, -0.25) is 9.59 Å². The van der Waals surface area contributed by atoms with Gasteiger partial charge in [0.15, 0.2) is 6.20 Å². The maximum atomic E-state index is 12.3. The first-order chi connectivity index (χ1) is 10.3. The molecule has 0 fully saturated rings. The van der Waals surface area contributed by atoms with Crippen molar-refractivity contribution >= 4 is 22.8 Å². The molecule has 2 aromatic carbocycles. The van der Waals surface area contributed by atoms with Crippen LogP contribution in [-0.4, -0.2) is 12.1 Å². The molecule has 0 aliphatic carbocycles. The van der Waals surface area contributed by atoms with Gasteiger partial charge in [-0.2, -0.15) is 4.57 Å². The Balaban J connectivity index is 2.01. The van der Waals surface area contributed by atoms with E-state index in [2.05, 4.69) is 0 Å². The fourth-order valence-electron chi connectivity index (χ4n) is 2.42. The Morgan fingerprint density at radius 1 is 0.952 bits per heavy atom. The standard InChI is InChI=1S/C18H14NO2/c20-13-17-16-9-5-4-6-14(16)10-11-19(17)12-18(21)15-7-2-1-3-8-15/h1-11,13H,12H2/q+1. The van der Waals surface area contributed by atoms with E-state index < -0.39 is 0 Å². The van der Waals surface area contributed by atoms with Crippen molar-refractivity contribution in [1.82, 2.24) is 0 Å². The smallest absolute Gasteiger partial charge is 0.253 e. The molecule has 3 nitrogen and oxygen atoms in total. The van der Waals surface area contributed by atoms with Gasteiger partial charge >= 0.3 is 0 Å². The van der Waals surface area contributed by atoms with Crippen molar-refractivity contribution in [2.75, 3.05) is 0 Å². The number of hydrogen-bond donors (Lipinski definition) is 0. The van der Waals surface area contributed by atoms with Gasteiger partial charge in [-0.15, -0.1) is 0 Å². The van der Waals surface area contributed by atoms with Crippen molar-refractivity contribution in [1.29, 1.82) is 0 Å². The molecule has 0 saturated carbocycles. The molecule has 1 heterocycles. The fraction of sp³-hybridized carbons (Fsp3) is 0.0556. The average molecular weight is 276 g/mol. The van der Waals surface area contributed by atoms with Crippen LogP contribution < -0.4 is 4.57 Å². The molecule has 0 saturated heterocycles. The largest absolute Gasteiger partial charge is 0.291 e. The van der Waals surface area contributed by atoms with Gasteiger partial charge in [0, 0.05) is 11.6 Å². The summed E-state index contributed by atoms with van der Waals surface area (Å²) in [5, 5.41) is 1.85. The minimum Gasteiger partial charge on any atom is -0.291 e. The van der Waals surface area contributed by atoms with Crippen molar-refractivity contribution in [3.8, 4) is 0 Å². The van der Waals surface area contributed by atoms with Crippen LogP contribution in [0.3, 0.4) is 0 Å². The molecule has 3 heteroatoms. The topological polar surface area (TPSA) is 38.0 Å². The molecule has 1 aromatic heterocycles. The van der Waals surface area contributed by atoms with Crippen molar-refractivity contribution in [3.63, 3.8) is 0 Å². The van der Waals surface area contributed by atoms with Gasteiger partial charge in [0.2, 0.25) is 18.6 Å². The van der Waals surface area contributed by atoms with Gasteiger partial charge in [-0.1, -0.05) is 48.5 Å². The van der Waals surface area contributed by atoms with E-state index in [0.29, 0.717) is 11.3 Å². The number of aldehydes is 1. The highest BCUT2D eigenvalue weighted by Crippen LogP contribution is 2.14. The summed E-state index contributed by atoms with van der Waals surface area (Å²) < 4.78 is 1.70. The zero-order chi connectivity index (χ0) is 14.7. The summed E-state index contributed by atoms with van der Waals surface area (Å²) >= 11 is 0. The second-order valence-electron chi connectivity index (χ2n) is 4.82. The number of ketones is 1. The van der Waals surface area contributed by atoms with Crippen LogP contribution in [0.2, 0.25) is 0 Å². The average Bonchev–Trinajstić information content (AvgIpc) is 2.55. The Morgan fingerprint density at radius 2 is 1.67 bits per heavy atom. The van der Waals surface area contributed by atoms with Gasteiger partial charge in [0.1, 0.15) is 0 Å². The third-order valence-corrected chi connectivity index (χ3v) is 3.50. The molecule has 0 radical (unpaired) electrons. The van der Waals surface area contributed by atoms with Gasteiger partial charge in [0.05, 0.1) is 5.39 Å². The van der Waals surface area contributed by atoms with E-state index >= 15 is 0 Å². The number of nitrogens with zero attached hydrogens (tertiary/aromatic N) is 1. The van der Waals surface area contributed by atoms with E-state index in [0.717, 1.165) is 17.1 Å². The molecule has 0 amide bonds. The number of carbonyl (C=O) groups is 2. The number of rotatable bonds is 4. The van der Waals surface area contributed by atoms with Crippen LogP contribution in [0.4, 0.5) is 0 Å². The van der Waals surface area contributed by atoms with E-state index in [-0.39, 0.29) is 12.3 Å². The predicted octanol–water partition coefficient (Wildman–Crippen LogP) is 2.82. The van der Waals surface area contributed by atoms with Gasteiger partial charge < -0.3 is 0 Å². The molecule has 0 aliphatic rings. The first-order valence-corrected chi connectivity index (χ1v) is 6.74. The Morgan fingerprint density at radius 3 is 2.43 bits per heavy atom. The number of fused-ring (bicyclic) bond motifs is 1. The summed E-state index contributed by atoms with van der Waals surface area (Å²) in [7, 11) is 0. The van der Waals surface area contributed by atoms with Crippen LogP contribution in [0.1, 0.15) is 20.8 Å². The van der Waals surface area contributed by atoms with Gasteiger partial charge in [-0.05, 0) is 11.5 Å². The van der Waals surface area contributed by atoms with Gasteiger partial charge in [0.25, 0.3) is 5.69 Å². The van der Waals surface area contributed by atoms with E-state index in [1.54, 1.807) is 22.9 Å². The van der Waals surface area contributed by atoms with Crippen LogP contribution in [0, 0.1) is 0 Å². The van der Waals surface area contributed by atoms with E-state index in [1.165, 1.54) is 0 Å². The molecule has 3 rings (SSSR count). The molecule has 0 N–H and O–H groups in total. The molecule has 0 atom stereocenters. The Hall–Kier alpha value is -2.81. The fourth-order valence-corrected chi connectivity index (χ4v) is 2.42. The van der Waals surface area contributed by atoms with Crippen molar-refractivity contribution in [2.45, 2.75) is 6.54 Å². The van der Waals surface area contributed by atoms with E-state index in [1.807, 2.05) is 48.5 Å². The van der Waals surface area contributed by atoms with Crippen molar-refractivity contribution < 1.29 is 14.2 Å². The summed E-state index contributed by atoms with van der Waals surface area (Å²) in [5.41, 5.74) is 1.17. The summed E-state index contributed by atoms with van der Waals surface area (Å²) in [6.45, 7) is 0.156. The van der Waals surface area contributed by atoms with Crippen LogP contribution >= 0.6 is 0 Å². The van der Waals surface area contributed by atoms with Crippen LogP contribution in [-0.2, 0) is 6.54 Å². The lowest BCUT2D eigenvalue weighted by Crippen LogP contribution is -2.41. The Bertz CT molecular complexity index is 810. The third-order valence-electron chi connectivity index (χ3n) is 3.50.